The quantitative estimate of drug-likeness (QED) is 0.641. The minimum Gasteiger partial charge on any atom is -0.373 e. The zero-order valence-electron chi connectivity index (χ0n) is 19.5. The van der Waals surface area contributed by atoms with Crippen LogP contribution in [0.5, 0.6) is 0 Å². The van der Waals surface area contributed by atoms with E-state index in [1.807, 2.05) is 18.2 Å². The Hall–Kier alpha value is -2.22. The van der Waals surface area contributed by atoms with Crippen LogP contribution in [0.1, 0.15) is 48.9 Å². The minimum atomic E-state index is -3.46. The van der Waals surface area contributed by atoms with Gasteiger partial charge < -0.3 is 10.1 Å². The van der Waals surface area contributed by atoms with Crippen molar-refractivity contribution in [2.24, 2.45) is 0 Å². The predicted octanol–water partition coefficient (Wildman–Crippen LogP) is 3.26. The molecule has 7 heteroatoms. The van der Waals surface area contributed by atoms with Crippen molar-refractivity contribution in [3.05, 3.63) is 64.7 Å². The van der Waals surface area contributed by atoms with Crippen LogP contribution in [0.2, 0.25) is 0 Å². The molecule has 1 aliphatic carbocycles. The molecule has 2 aromatic carbocycles. The van der Waals surface area contributed by atoms with Gasteiger partial charge in [0.15, 0.2) is 9.84 Å². The Morgan fingerprint density at radius 2 is 1.67 bits per heavy atom. The summed E-state index contributed by atoms with van der Waals surface area (Å²) in [7, 11) is -3.46. The van der Waals surface area contributed by atoms with Crippen LogP contribution < -0.4 is 5.32 Å². The monoisotopic (exact) mass is 470 g/mol. The van der Waals surface area contributed by atoms with Gasteiger partial charge in [0, 0.05) is 32.6 Å². The number of aryl methyl sites for hydroxylation is 2. The van der Waals surface area contributed by atoms with Crippen LogP contribution in [0.25, 0.3) is 0 Å². The summed E-state index contributed by atoms with van der Waals surface area (Å²) in [5.41, 5.74) is 4.59. The summed E-state index contributed by atoms with van der Waals surface area (Å²) in [5, 5.41) is 2.85. The first-order valence-corrected chi connectivity index (χ1v) is 13.5. The fourth-order valence-electron chi connectivity index (χ4n) is 4.81. The number of amides is 1. The average Bonchev–Trinajstić information content (AvgIpc) is 3.25. The first-order chi connectivity index (χ1) is 15.8. The average molecular weight is 471 g/mol. The summed E-state index contributed by atoms with van der Waals surface area (Å²) in [5.74, 6) is -0.424. The van der Waals surface area contributed by atoms with Gasteiger partial charge in [-0.1, -0.05) is 30.3 Å². The number of hydrogen-bond donors (Lipinski definition) is 1. The Kier molecular flexibility index (Phi) is 7.51. The maximum absolute atomic E-state index is 12.7. The van der Waals surface area contributed by atoms with Crippen LogP contribution in [0.15, 0.2) is 47.4 Å². The second-order valence-corrected chi connectivity index (χ2v) is 11.5. The van der Waals surface area contributed by atoms with Crippen LogP contribution in [0, 0.1) is 0 Å². The summed E-state index contributed by atoms with van der Waals surface area (Å²) >= 11 is 0. The van der Waals surface area contributed by atoms with Gasteiger partial charge in [0.25, 0.3) is 0 Å². The van der Waals surface area contributed by atoms with E-state index in [0.29, 0.717) is 11.4 Å². The maximum Gasteiger partial charge on any atom is 0.221 e. The van der Waals surface area contributed by atoms with Crippen LogP contribution in [0.4, 0.5) is 0 Å². The number of hydrogen-bond acceptors (Lipinski definition) is 5. The van der Waals surface area contributed by atoms with E-state index in [1.54, 1.807) is 12.1 Å². The number of sulfone groups is 1. The van der Waals surface area contributed by atoms with E-state index in [9.17, 15) is 13.2 Å². The Morgan fingerprint density at radius 1 is 1.00 bits per heavy atom. The molecule has 0 saturated carbocycles. The van der Waals surface area contributed by atoms with Crippen molar-refractivity contribution in [2.75, 3.05) is 18.8 Å². The number of carbonyl (C=O) groups excluding carboxylic acids is 1. The smallest absolute Gasteiger partial charge is 0.221 e. The first kappa shape index (κ1) is 23.9. The van der Waals surface area contributed by atoms with Gasteiger partial charge in [-0.2, -0.15) is 0 Å². The number of carbonyl (C=O) groups is 1. The third-order valence-corrected chi connectivity index (χ3v) is 8.15. The topological polar surface area (TPSA) is 75.7 Å². The van der Waals surface area contributed by atoms with E-state index < -0.39 is 9.84 Å². The molecule has 1 saturated heterocycles. The molecular weight excluding hydrogens is 436 g/mol. The van der Waals surface area contributed by atoms with Crippen LogP contribution in [0.3, 0.4) is 0 Å². The third kappa shape index (κ3) is 6.43. The highest BCUT2D eigenvalue weighted by Crippen LogP contribution is 2.25. The largest absolute Gasteiger partial charge is 0.373 e. The lowest BCUT2D eigenvalue weighted by Gasteiger charge is -2.35. The molecule has 0 radical (unpaired) electrons. The fraction of sp³-hybridized carbons (Fsp3) is 0.500. The van der Waals surface area contributed by atoms with E-state index in [1.165, 1.54) is 11.1 Å². The van der Waals surface area contributed by atoms with Gasteiger partial charge >= 0.3 is 0 Å². The van der Waals surface area contributed by atoms with Crippen molar-refractivity contribution in [1.82, 2.24) is 10.2 Å². The maximum atomic E-state index is 12.7. The summed E-state index contributed by atoms with van der Waals surface area (Å²) in [6, 6.07) is 13.6. The van der Waals surface area contributed by atoms with Gasteiger partial charge in [-0.3, -0.25) is 9.69 Å². The molecule has 1 fully saturated rings. The van der Waals surface area contributed by atoms with E-state index in [2.05, 4.69) is 36.2 Å². The molecule has 4 rings (SSSR count). The molecule has 1 aliphatic heterocycles. The van der Waals surface area contributed by atoms with Crippen molar-refractivity contribution < 1.29 is 17.9 Å². The van der Waals surface area contributed by atoms with Crippen molar-refractivity contribution in [3.8, 4) is 0 Å². The number of fused-ring (bicyclic) bond motifs is 1. The van der Waals surface area contributed by atoms with Gasteiger partial charge in [-0.05, 0) is 67.5 Å². The highest BCUT2D eigenvalue weighted by molar-refractivity contribution is 7.91. The lowest BCUT2D eigenvalue weighted by atomic mass is 10.1. The van der Waals surface area contributed by atoms with Crippen molar-refractivity contribution in [1.29, 1.82) is 0 Å². The Balaban J connectivity index is 1.23. The third-order valence-electron chi connectivity index (χ3n) is 6.44. The highest BCUT2D eigenvalue weighted by Gasteiger charge is 2.22. The van der Waals surface area contributed by atoms with Crippen molar-refractivity contribution in [3.63, 3.8) is 0 Å². The molecule has 2 aromatic rings. The molecule has 0 spiro atoms. The van der Waals surface area contributed by atoms with Crippen LogP contribution in [-0.4, -0.2) is 50.3 Å². The molecule has 1 amide bonds. The van der Waals surface area contributed by atoms with Crippen LogP contribution in [-0.2, 0) is 45.3 Å². The number of morpholine rings is 1. The second-order valence-electron chi connectivity index (χ2n) is 9.40. The predicted molar refractivity (Wildman–Crippen MR) is 129 cm³/mol. The van der Waals surface area contributed by atoms with Gasteiger partial charge in [0.2, 0.25) is 5.91 Å². The molecule has 0 bridgehead atoms. The molecule has 2 aliphatic rings. The molecule has 1 N–H and O–H groups in total. The lowest BCUT2D eigenvalue weighted by Crippen LogP contribution is -2.44. The van der Waals surface area contributed by atoms with Gasteiger partial charge in [0.1, 0.15) is 0 Å². The van der Waals surface area contributed by atoms with E-state index >= 15 is 0 Å². The summed E-state index contributed by atoms with van der Waals surface area (Å²) in [6.45, 7) is 7.33. The number of rotatable bonds is 8. The van der Waals surface area contributed by atoms with Crippen molar-refractivity contribution in [2.45, 2.75) is 69.7 Å². The normalized spacial score (nSPS) is 21.0. The zero-order valence-corrected chi connectivity index (χ0v) is 20.4. The fourth-order valence-corrected chi connectivity index (χ4v) is 6.10. The summed E-state index contributed by atoms with van der Waals surface area (Å²) in [6.07, 6.45) is 3.48. The molecule has 2 unspecified atom stereocenters. The molecule has 6 nitrogen and oxygen atoms in total. The van der Waals surface area contributed by atoms with Gasteiger partial charge in [-0.15, -0.1) is 0 Å². The number of ether oxygens (including phenoxy) is 1. The SMILES string of the molecule is CC1CN(Cc2ccc(CNC(=O)CCS(=O)(=O)c3ccc4c(c3)CCC4)cc2)CC(C)O1. The molecule has 1 heterocycles. The molecule has 178 valence electrons. The van der Waals surface area contributed by atoms with Gasteiger partial charge in [-0.25, -0.2) is 8.42 Å². The lowest BCUT2D eigenvalue weighted by molar-refractivity contribution is -0.120. The summed E-state index contributed by atoms with van der Waals surface area (Å²) < 4.78 is 31.1. The number of nitrogens with zero attached hydrogens (tertiary/aromatic N) is 1. The zero-order chi connectivity index (χ0) is 23.4. The van der Waals surface area contributed by atoms with Gasteiger partial charge in [0.05, 0.1) is 22.9 Å². The number of benzene rings is 2. The van der Waals surface area contributed by atoms with Crippen LogP contribution >= 0.6 is 0 Å². The molecule has 0 aromatic heterocycles. The van der Waals surface area contributed by atoms with E-state index in [4.69, 9.17) is 4.74 Å². The summed E-state index contributed by atoms with van der Waals surface area (Å²) in [4.78, 5) is 15.0. The second kappa shape index (κ2) is 10.4. The minimum absolute atomic E-state index is 0.0368. The molecule has 33 heavy (non-hydrogen) atoms. The van der Waals surface area contributed by atoms with E-state index in [-0.39, 0.29) is 30.3 Å². The molecular formula is C26H34N2O4S. The van der Waals surface area contributed by atoms with Crippen molar-refractivity contribution >= 4 is 15.7 Å². The highest BCUT2D eigenvalue weighted by atomic mass is 32.2. The Bertz CT molecular complexity index is 1070. The Labute approximate surface area is 197 Å². The Morgan fingerprint density at radius 3 is 2.39 bits per heavy atom. The van der Waals surface area contributed by atoms with E-state index in [0.717, 1.165) is 50.0 Å². The number of nitrogens with one attached hydrogen (secondary N) is 1. The first-order valence-electron chi connectivity index (χ1n) is 11.9. The standard InChI is InChI=1S/C26H34N2O4S/c1-19-16-28(17-20(2)32-19)18-22-8-6-21(7-9-22)15-27-26(29)12-13-33(30,31)25-11-10-23-4-3-5-24(23)14-25/h6-11,14,19-20H,3-5,12-13,15-18H2,1-2H3,(H,27,29). The molecule has 2 atom stereocenters.